The highest BCUT2D eigenvalue weighted by Crippen LogP contribution is 2.29. The molecular formula is C12H13ClN2O6S2. The van der Waals surface area contributed by atoms with Crippen LogP contribution in [0, 0.1) is 10.1 Å². The Bertz CT molecular complexity index is 735. The molecule has 23 heavy (non-hydrogen) atoms. The number of nitrogens with one attached hydrogen (secondary N) is 1. The number of nitro benzene ring substituents is 1. The van der Waals surface area contributed by atoms with Crippen LogP contribution >= 0.6 is 23.4 Å². The van der Waals surface area contributed by atoms with E-state index in [1.165, 1.54) is 12.1 Å². The topological polar surface area (TPSA) is 116 Å². The lowest BCUT2D eigenvalue weighted by molar-refractivity contribution is -0.387. The van der Waals surface area contributed by atoms with Gasteiger partial charge in [0.25, 0.3) is 5.69 Å². The molecule has 126 valence electrons. The molecule has 1 N–H and O–H groups in total. The summed E-state index contributed by atoms with van der Waals surface area (Å²) in [4.78, 5) is 21.6. The van der Waals surface area contributed by atoms with Gasteiger partial charge in [0.05, 0.1) is 14.7 Å². The summed E-state index contributed by atoms with van der Waals surface area (Å²) in [7, 11) is -4.09. The molecule has 0 aliphatic carbocycles. The third-order valence-electron chi connectivity index (χ3n) is 2.45. The summed E-state index contributed by atoms with van der Waals surface area (Å²) < 4.78 is 30.7. The minimum atomic E-state index is -4.09. The number of rotatable bonds is 8. The number of nitrogens with zero attached hydrogens (tertiary/aromatic N) is 1. The fraction of sp³-hybridized carbons (Fsp3) is 0.250. The zero-order chi connectivity index (χ0) is 17.6. The molecule has 0 radical (unpaired) electrons. The van der Waals surface area contributed by atoms with Crippen molar-refractivity contribution in [2.24, 2.45) is 0 Å². The fourth-order valence-corrected chi connectivity index (χ4v) is 3.02. The number of esters is 1. The third-order valence-corrected chi connectivity index (χ3v) is 4.75. The first kappa shape index (κ1) is 19.4. The van der Waals surface area contributed by atoms with Gasteiger partial charge < -0.3 is 4.74 Å². The standard InChI is InChI=1S/C12H13ClN2O6S2/c1-8(13)7-21-12(16)6-14-23(19,20)9-3-4-11(22-2)10(5-9)15(17)18/h3-5,14H,1,6-7H2,2H3. The Labute approximate surface area is 142 Å². The Kier molecular flexibility index (Phi) is 7.01. The average molecular weight is 381 g/mol. The molecular weight excluding hydrogens is 368 g/mol. The molecule has 0 aliphatic heterocycles. The second-order valence-electron chi connectivity index (χ2n) is 4.09. The molecule has 1 rings (SSSR count). The van der Waals surface area contributed by atoms with Crippen LogP contribution in [0.25, 0.3) is 0 Å². The number of ether oxygens (including phenoxy) is 1. The third kappa shape index (κ3) is 5.82. The lowest BCUT2D eigenvalue weighted by atomic mass is 10.3. The SMILES string of the molecule is C=C(Cl)COC(=O)CNS(=O)(=O)c1ccc(SC)c([N+](=O)[O-])c1. The van der Waals surface area contributed by atoms with E-state index in [2.05, 4.69) is 11.3 Å². The molecule has 1 aromatic carbocycles. The van der Waals surface area contributed by atoms with Crippen LogP contribution in [0.4, 0.5) is 5.69 Å². The highest BCUT2D eigenvalue weighted by atomic mass is 35.5. The largest absolute Gasteiger partial charge is 0.459 e. The first-order valence-corrected chi connectivity index (χ1v) is 9.07. The smallest absolute Gasteiger partial charge is 0.321 e. The summed E-state index contributed by atoms with van der Waals surface area (Å²) in [5.74, 6) is -0.856. The Balaban J connectivity index is 2.88. The second kappa shape index (κ2) is 8.29. The highest BCUT2D eigenvalue weighted by molar-refractivity contribution is 7.98. The van der Waals surface area contributed by atoms with Gasteiger partial charge in [-0.1, -0.05) is 18.2 Å². The number of carbonyl (C=O) groups is 1. The van der Waals surface area contributed by atoms with Gasteiger partial charge in [-0.25, -0.2) is 8.42 Å². The first-order chi connectivity index (χ1) is 10.7. The van der Waals surface area contributed by atoms with Gasteiger partial charge in [0.2, 0.25) is 10.0 Å². The maximum absolute atomic E-state index is 12.1. The van der Waals surface area contributed by atoms with Gasteiger partial charge in [-0.3, -0.25) is 14.9 Å². The van der Waals surface area contributed by atoms with E-state index in [4.69, 9.17) is 11.6 Å². The minimum absolute atomic E-state index is 0.0875. The molecule has 0 heterocycles. The lowest BCUT2D eigenvalue weighted by Gasteiger charge is -2.08. The van der Waals surface area contributed by atoms with E-state index in [0.717, 1.165) is 17.8 Å². The molecule has 0 atom stereocenters. The van der Waals surface area contributed by atoms with Crippen molar-refractivity contribution < 1.29 is 22.9 Å². The summed E-state index contributed by atoms with van der Waals surface area (Å²) in [5.41, 5.74) is -0.332. The quantitative estimate of drug-likeness (QED) is 0.317. The number of hydrogen-bond donors (Lipinski definition) is 1. The van der Waals surface area contributed by atoms with E-state index < -0.39 is 27.5 Å². The Morgan fingerprint density at radius 1 is 1.52 bits per heavy atom. The van der Waals surface area contributed by atoms with Crippen molar-refractivity contribution in [1.29, 1.82) is 0 Å². The van der Waals surface area contributed by atoms with E-state index in [9.17, 15) is 23.3 Å². The van der Waals surface area contributed by atoms with Crippen LogP contribution in [-0.4, -0.2) is 38.7 Å². The van der Waals surface area contributed by atoms with Crippen LogP contribution in [0.15, 0.2) is 39.6 Å². The van der Waals surface area contributed by atoms with Crippen LogP contribution < -0.4 is 4.72 Å². The van der Waals surface area contributed by atoms with Crippen molar-refractivity contribution in [1.82, 2.24) is 4.72 Å². The van der Waals surface area contributed by atoms with Gasteiger partial charge >= 0.3 is 5.97 Å². The molecule has 0 aliphatic rings. The predicted molar refractivity (Wildman–Crippen MR) is 86.0 cm³/mol. The summed E-state index contributed by atoms with van der Waals surface area (Å²) in [6, 6.07) is 3.47. The van der Waals surface area contributed by atoms with E-state index >= 15 is 0 Å². The van der Waals surface area contributed by atoms with Crippen LogP contribution in [0.2, 0.25) is 0 Å². The molecule has 8 nitrogen and oxygen atoms in total. The number of halogens is 1. The average Bonchev–Trinajstić information content (AvgIpc) is 2.50. The number of carbonyl (C=O) groups excluding carboxylic acids is 1. The number of nitro groups is 1. The molecule has 1 aromatic rings. The molecule has 0 amide bonds. The molecule has 0 unspecified atom stereocenters. The van der Waals surface area contributed by atoms with Crippen LogP contribution in [0.5, 0.6) is 0 Å². The van der Waals surface area contributed by atoms with E-state index in [1.807, 2.05) is 4.72 Å². The molecule has 0 saturated carbocycles. The summed E-state index contributed by atoms with van der Waals surface area (Å²) >= 11 is 6.53. The van der Waals surface area contributed by atoms with E-state index in [0.29, 0.717) is 4.90 Å². The molecule has 0 bridgehead atoms. The molecule has 0 saturated heterocycles. The van der Waals surface area contributed by atoms with Gasteiger partial charge in [0.1, 0.15) is 13.2 Å². The van der Waals surface area contributed by atoms with Gasteiger partial charge in [-0.05, 0) is 18.4 Å². The van der Waals surface area contributed by atoms with Crippen LogP contribution in [-0.2, 0) is 19.6 Å². The predicted octanol–water partition coefficient (Wildman–Crippen LogP) is 1.89. The van der Waals surface area contributed by atoms with Gasteiger partial charge in [-0.2, -0.15) is 4.72 Å². The summed E-state index contributed by atoms with van der Waals surface area (Å²) in [6.07, 6.45) is 1.63. The zero-order valence-corrected chi connectivity index (χ0v) is 14.3. The summed E-state index contributed by atoms with van der Waals surface area (Å²) in [5, 5.41) is 11.0. The maximum Gasteiger partial charge on any atom is 0.321 e. The Morgan fingerprint density at radius 3 is 2.70 bits per heavy atom. The summed E-state index contributed by atoms with van der Waals surface area (Å²) in [6.45, 7) is 2.44. The Morgan fingerprint density at radius 2 is 2.17 bits per heavy atom. The van der Waals surface area contributed by atoms with Gasteiger partial charge in [0.15, 0.2) is 0 Å². The molecule has 0 spiro atoms. The van der Waals surface area contributed by atoms with E-state index in [1.54, 1.807) is 6.26 Å². The van der Waals surface area contributed by atoms with Crippen LogP contribution in [0.1, 0.15) is 0 Å². The lowest BCUT2D eigenvalue weighted by Crippen LogP contribution is -2.31. The number of thioether (sulfide) groups is 1. The van der Waals surface area contributed by atoms with Crippen molar-refractivity contribution in [2.45, 2.75) is 9.79 Å². The van der Waals surface area contributed by atoms with Crippen LogP contribution in [0.3, 0.4) is 0 Å². The van der Waals surface area contributed by atoms with E-state index in [-0.39, 0.29) is 22.2 Å². The number of hydrogen-bond acceptors (Lipinski definition) is 7. The van der Waals surface area contributed by atoms with Crippen molar-refractivity contribution in [2.75, 3.05) is 19.4 Å². The van der Waals surface area contributed by atoms with Gasteiger partial charge in [-0.15, -0.1) is 11.8 Å². The van der Waals surface area contributed by atoms with Crippen molar-refractivity contribution in [3.63, 3.8) is 0 Å². The van der Waals surface area contributed by atoms with Crippen molar-refractivity contribution in [3.05, 3.63) is 39.9 Å². The molecule has 0 fully saturated rings. The second-order valence-corrected chi connectivity index (χ2v) is 7.24. The monoisotopic (exact) mass is 380 g/mol. The number of sulfonamides is 1. The minimum Gasteiger partial charge on any atom is -0.459 e. The van der Waals surface area contributed by atoms with Crippen molar-refractivity contribution in [3.8, 4) is 0 Å². The van der Waals surface area contributed by atoms with Gasteiger partial charge in [0, 0.05) is 11.1 Å². The molecule has 0 aromatic heterocycles. The normalized spacial score (nSPS) is 11.0. The maximum atomic E-state index is 12.1. The zero-order valence-electron chi connectivity index (χ0n) is 11.9. The fourth-order valence-electron chi connectivity index (χ4n) is 1.43. The number of benzene rings is 1. The Hall–Kier alpha value is -1.62. The first-order valence-electron chi connectivity index (χ1n) is 5.98. The highest BCUT2D eigenvalue weighted by Gasteiger charge is 2.21. The van der Waals surface area contributed by atoms with Crippen molar-refractivity contribution >= 4 is 45.0 Å². The molecule has 11 heteroatoms.